The highest BCUT2D eigenvalue weighted by Gasteiger charge is 2.37. The highest BCUT2D eigenvalue weighted by molar-refractivity contribution is 6.05. The third-order valence-electron chi connectivity index (χ3n) is 5.29. The normalized spacial score (nSPS) is 18.9. The minimum absolute atomic E-state index is 0.0899. The maximum atomic E-state index is 12.7. The number of aromatic hydroxyl groups is 1. The third kappa shape index (κ3) is 2.09. The number of ketones is 1. The number of nitrogens with one attached hydrogen (secondary N) is 1. The zero-order chi connectivity index (χ0) is 17.0. The van der Waals surface area contributed by atoms with Gasteiger partial charge in [0.1, 0.15) is 5.75 Å². The lowest BCUT2D eigenvalue weighted by Crippen LogP contribution is -2.19. The lowest BCUT2D eigenvalue weighted by molar-refractivity contribution is -0.115. The Kier molecular flexibility index (Phi) is 2.98. The molecule has 3 aromatic rings. The highest BCUT2D eigenvalue weighted by atomic mass is 16.3. The molecule has 1 aliphatic heterocycles. The first-order valence-corrected chi connectivity index (χ1v) is 8.56. The minimum atomic E-state index is -0.0899. The molecule has 2 N–H and O–H groups in total. The predicted molar refractivity (Wildman–Crippen MR) is 98.8 cm³/mol. The molecule has 0 aromatic heterocycles. The number of rotatable bonds is 1. The van der Waals surface area contributed by atoms with E-state index in [1.165, 1.54) is 5.39 Å². The molecule has 0 radical (unpaired) electrons. The van der Waals surface area contributed by atoms with E-state index in [0.29, 0.717) is 6.42 Å². The molecule has 2 aliphatic rings. The summed E-state index contributed by atoms with van der Waals surface area (Å²) in [5.74, 6) is 0.370. The summed E-state index contributed by atoms with van der Waals surface area (Å²) in [6.45, 7) is 0. The molecule has 0 spiro atoms. The molecular formula is C22H17NO2. The molecule has 3 nitrogen and oxygen atoms in total. The monoisotopic (exact) mass is 327 g/mol. The van der Waals surface area contributed by atoms with Gasteiger partial charge >= 0.3 is 0 Å². The summed E-state index contributed by atoms with van der Waals surface area (Å²) in [4.78, 5) is 12.7. The number of anilines is 1. The van der Waals surface area contributed by atoms with E-state index in [2.05, 4.69) is 29.6 Å². The molecule has 3 aromatic carbocycles. The van der Waals surface area contributed by atoms with Crippen LogP contribution in [0.3, 0.4) is 0 Å². The van der Waals surface area contributed by atoms with Crippen LogP contribution < -0.4 is 5.32 Å². The SMILES string of the molecule is O=C1CCC2=C1[C@H](c1ccc(O)cc1)c1c(ccc3ccccc13)N2. The summed E-state index contributed by atoms with van der Waals surface area (Å²) in [5, 5.41) is 15.5. The standard InChI is InChI=1S/C22H17NO2/c24-15-8-5-14(6-9-15)20-21-16-4-2-1-3-13(16)7-10-17(21)23-18-11-12-19(25)22(18)20/h1-10,20,23-24H,11-12H2/t20-/m1/s1. The number of carbonyl (C=O) groups is 1. The largest absolute Gasteiger partial charge is 0.508 e. The first-order chi connectivity index (χ1) is 12.2. The van der Waals surface area contributed by atoms with Crippen LogP contribution in [0.5, 0.6) is 5.75 Å². The number of phenolic OH excluding ortho intramolecular Hbond substituents is 1. The Balaban J connectivity index is 1.83. The van der Waals surface area contributed by atoms with Crippen molar-refractivity contribution in [3.63, 3.8) is 0 Å². The first-order valence-electron chi connectivity index (χ1n) is 8.56. The Morgan fingerprint density at radius 2 is 1.72 bits per heavy atom. The van der Waals surface area contributed by atoms with Gasteiger partial charge in [-0.1, -0.05) is 42.5 Å². The van der Waals surface area contributed by atoms with Crippen LogP contribution in [0.25, 0.3) is 10.8 Å². The topological polar surface area (TPSA) is 49.3 Å². The van der Waals surface area contributed by atoms with Gasteiger partial charge in [-0.15, -0.1) is 0 Å². The smallest absolute Gasteiger partial charge is 0.161 e. The number of phenols is 1. The number of hydrogen-bond acceptors (Lipinski definition) is 3. The van der Waals surface area contributed by atoms with E-state index in [1.807, 2.05) is 24.3 Å². The van der Waals surface area contributed by atoms with Gasteiger partial charge in [-0.2, -0.15) is 0 Å². The zero-order valence-electron chi connectivity index (χ0n) is 13.6. The fourth-order valence-corrected chi connectivity index (χ4v) is 4.16. The van der Waals surface area contributed by atoms with Gasteiger partial charge in [0, 0.05) is 29.3 Å². The number of carbonyl (C=O) groups excluding carboxylic acids is 1. The third-order valence-corrected chi connectivity index (χ3v) is 5.29. The molecule has 0 saturated carbocycles. The van der Waals surface area contributed by atoms with Crippen molar-refractivity contribution in [3.8, 4) is 5.75 Å². The van der Waals surface area contributed by atoms with Gasteiger partial charge in [0.25, 0.3) is 0 Å². The fourth-order valence-electron chi connectivity index (χ4n) is 4.16. The van der Waals surface area contributed by atoms with E-state index in [9.17, 15) is 9.90 Å². The Morgan fingerprint density at radius 3 is 2.56 bits per heavy atom. The van der Waals surface area contributed by atoms with Crippen LogP contribution in [0.4, 0.5) is 5.69 Å². The number of benzene rings is 3. The summed E-state index contributed by atoms with van der Waals surface area (Å²) in [6.07, 6.45) is 1.34. The fraction of sp³-hybridized carbons (Fsp3) is 0.136. The minimum Gasteiger partial charge on any atom is -0.508 e. The van der Waals surface area contributed by atoms with Gasteiger partial charge in [0.2, 0.25) is 0 Å². The summed E-state index contributed by atoms with van der Waals surface area (Å²) in [7, 11) is 0. The van der Waals surface area contributed by atoms with E-state index in [1.54, 1.807) is 12.1 Å². The quantitative estimate of drug-likeness (QED) is 0.680. The van der Waals surface area contributed by atoms with Crippen molar-refractivity contribution in [1.82, 2.24) is 0 Å². The molecule has 1 heterocycles. The van der Waals surface area contributed by atoms with Crippen LogP contribution in [-0.4, -0.2) is 10.9 Å². The van der Waals surface area contributed by atoms with Crippen molar-refractivity contribution in [2.45, 2.75) is 18.8 Å². The van der Waals surface area contributed by atoms with Crippen LogP contribution in [0.1, 0.15) is 29.9 Å². The molecule has 0 amide bonds. The molecule has 3 heteroatoms. The van der Waals surface area contributed by atoms with E-state index >= 15 is 0 Å². The first kappa shape index (κ1) is 14.3. The molecule has 0 fully saturated rings. The van der Waals surface area contributed by atoms with E-state index < -0.39 is 0 Å². The van der Waals surface area contributed by atoms with E-state index in [0.717, 1.165) is 39.9 Å². The number of fused-ring (bicyclic) bond motifs is 3. The summed E-state index contributed by atoms with van der Waals surface area (Å²) >= 11 is 0. The van der Waals surface area contributed by atoms with Crippen LogP contribution >= 0.6 is 0 Å². The second-order valence-corrected chi connectivity index (χ2v) is 6.71. The van der Waals surface area contributed by atoms with Gasteiger partial charge in [0.15, 0.2) is 5.78 Å². The molecule has 0 saturated heterocycles. The average molecular weight is 327 g/mol. The lowest BCUT2D eigenvalue weighted by Gasteiger charge is -2.30. The van der Waals surface area contributed by atoms with Gasteiger partial charge in [0.05, 0.1) is 0 Å². The summed E-state index contributed by atoms with van der Waals surface area (Å²) in [5.41, 5.74) is 5.20. The Morgan fingerprint density at radius 1 is 0.920 bits per heavy atom. The Hall–Kier alpha value is -3.07. The van der Waals surface area contributed by atoms with Crippen molar-refractivity contribution in [2.24, 2.45) is 0 Å². The molecular weight excluding hydrogens is 310 g/mol. The average Bonchev–Trinajstić information content (AvgIpc) is 3.01. The lowest BCUT2D eigenvalue weighted by atomic mass is 9.78. The van der Waals surface area contributed by atoms with Gasteiger partial charge < -0.3 is 10.4 Å². The molecule has 0 unspecified atom stereocenters. The van der Waals surface area contributed by atoms with Crippen LogP contribution in [0.15, 0.2) is 71.9 Å². The van der Waals surface area contributed by atoms with Crippen molar-refractivity contribution in [2.75, 3.05) is 5.32 Å². The Bertz CT molecular complexity index is 1050. The number of Topliss-reactive ketones (excluding diaryl/α,β-unsaturated/α-hetero) is 1. The van der Waals surface area contributed by atoms with Crippen molar-refractivity contribution in [3.05, 3.63) is 83.1 Å². The van der Waals surface area contributed by atoms with Gasteiger partial charge in [-0.05, 0) is 46.5 Å². The van der Waals surface area contributed by atoms with E-state index in [4.69, 9.17) is 0 Å². The molecule has 1 aliphatic carbocycles. The maximum absolute atomic E-state index is 12.7. The van der Waals surface area contributed by atoms with Crippen molar-refractivity contribution in [1.29, 1.82) is 0 Å². The van der Waals surface area contributed by atoms with E-state index in [-0.39, 0.29) is 17.5 Å². The van der Waals surface area contributed by atoms with Crippen molar-refractivity contribution >= 4 is 22.2 Å². The van der Waals surface area contributed by atoms with Gasteiger partial charge in [-0.3, -0.25) is 4.79 Å². The molecule has 25 heavy (non-hydrogen) atoms. The Labute approximate surface area is 145 Å². The van der Waals surface area contributed by atoms with Crippen LogP contribution in [0, 0.1) is 0 Å². The second-order valence-electron chi connectivity index (χ2n) is 6.71. The molecule has 5 rings (SSSR count). The van der Waals surface area contributed by atoms with Gasteiger partial charge in [-0.25, -0.2) is 0 Å². The number of hydrogen-bond donors (Lipinski definition) is 2. The molecule has 0 bridgehead atoms. The maximum Gasteiger partial charge on any atom is 0.161 e. The summed E-state index contributed by atoms with van der Waals surface area (Å²) < 4.78 is 0. The van der Waals surface area contributed by atoms with Crippen molar-refractivity contribution < 1.29 is 9.90 Å². The highest BCUT2D eigenvalue weighted by Crippen LogP contribution is 2.48. The summed E-state index contributed by atoms with van der Waals surface area (Å²) in [6, 6.07) is 19.8. The second kappa shape index (κ2) is 5.21. The molecule has 122 valence electrons. The van der Waals surface area contributed by atoms with Crippen LogP contribution in [0.2, 0.25) is 0 Å². The molecule has 1 atom stereocenters. The number of allylic oxidation sites excluding steroid dienone is 2. The predicted octanol–water partition coefficient (Wildman–Crippen LogP) is 4.72. The zero-order valence-corrected chi connectivity index (χ0v) is 13.6. The van der Waals surface area contributed by atoms with Crippen LogP contribution in [-0.2, 0) is 4.79 Å².